The van der Waals surface area contributed by atoms with Crippen molar-refractivity contribution in [3.8, 4) is 0 Å². The van der Waals surface area contributed by atoms with Gasteiger partial charge in [0, 0.05) is 13.1 Å². The quantitative estimate of drug-likeness (QED) is 0.752. The number of ether oxygens (including phenoxy) is 1. The molecular weight excluding hydrogens is 346 g/mol. The van der Waals surface area contributed by atoms with E-state index in [2.05, 4.69) is 15.6 Å². The zero-order valence-corrected chi connectivity index (χ0v) is 15.0. The average molecular weight is 368 g/mol. The first-order valence-electron chi connectivity index (χ1n) is 8.27. The minimum Gasteiger partial charge on any atom is -0.451 e. The van der Waals surface area contributed by atoms with Crippen molar-refractivity contribution < 1.29 is 19.1 Å². The second-order valence-corrected chi connectivity index (χ2v) is 6.59. The lowest BCUT2D eigenvalue weighted by Gasteiger charge is -2.24. The Kier molecular flexibility index (Phi) is 6.75. The Balaban J connectivity index is 1.94. The maximum absolute atomic E-state index is 12.4. The number of rotatable bonds is 6. The maximum Gasteiger partial charge on any atom is 0.329 e. The van der Waals surface area contributed by atoms with Crippen molar-refractivity contribution in [2.45, 2.75) is 51.7 Å². The zero-order chi connectivity index (χ0) is 18.4. The fraction of sp³-hybridized carbons (Fsp3) is 0.529. The van der Waals surface area contributed by atoms with Crippen LogP contribution in [0.5, 0.6) is 0 Å². The Hall–Kier alpha value is -2.15. The first kappa shape index (κ1) is 19.2. The number of hydrogen-bond acceptors (Lipinski definition) is 5. The summed E-state index contributed by atoms with van der Waals surface area (Å²) >= 11 is 5.74. The molecule has 0 aliphatic heterocycles. The van der Waals surface area contributed by atoms with Crippen molar-refractivity contribution in [2.24, 2.45) is 5.92 Å². The van der Waals surface area contributed by atoms with Gasteiger partial charge in [-0.15, -0.1) is 0 Å². The van der Waals surface area contributed by atoms with Crippen LogP contribution in [-0.4, -0.2) is 34.9 Å². The first-order chi connectivity index (χ1) is 11.9. The van der Waals surface area contributed by atoms with Gasteiger partial charge in [-0.3, -0.25) is 9.59 Å². The molecule has 136 valence electrons. The van der Waals surface area contributed by atoms with Crippen molar-refractivity contribution in [1.29, 1.82) is 0 Å². The van der Waals surface area contributed by atoms with E-state index in [-0.39, 0.29) is 11.8 Å². The lowest BCUT2D eigenvalue weighted by Crippen LogP contribution is -2.47. The van der Waals surface area contributed by atoms with Crippen molar-refractivity contribution in [2.75, 3.05) is 5.32 Å². The summed E-state index contributed by atoms with van der Waals surface area (Å²) in [6, 6.07) is 2.42. The van der Waals surface area contributed by atoms with Crippen LogP contribution in [0, 0.1) is 5.92 Å². The molecule has 0 saturated heterocycles. The number of carbonyl (C=O) groups excluding carboxylic acids is 3. The monoisotopic (exact) mass is 367 g/mol. The number of anilines is 1. The molecule has 2 amide bonds. The number of aromatic nitrogens is 1. The number of amides is 2. The third-order valence-electron chi connectivity index (χ3n) is 4.12. The third-order valence-corrected chi connectivity index (χ3v) is 4.35. The molecule has 0 radical (unpaired) electrons. The van der Waals surface area contributed by atoms with E-state index in [0.717, 1.165) is 25.7 Å². The van der Waals surface area contributed by atoms with E-state index in [0.29, 0.717) is 10.8 Å². The Morgan fingerprint density at radius 1 is 1.28 bits per heavy atom. The van der Waals surface area contributed by atoms with Crippen LogP contribution in [0.2, 0.25) is 5.02 Å². The summed E-state index contributed by atoms with van der Waals surface area (Å²) in [5, 5.41) is 5.65. The fourth-order valence-electron chi connectivity index (χ4n) is 2.86. The second kappa shape index (κ2) is 8.80. The summed E-state index contributed by atoms with van der Waals surface area (Å²) in [7, 11) is 0. The van der Waals surface area contributed by atoms with Gasteiger partial charge >= 0.3 is 5.97 Å². The van der Waals surface area contributed by atoms with Gasteiger partial charge in [-0.25, -0.2) is 9.78 Å². The number of esters is 1. The largest absolute Gasteiger partial charge is 0.451 e. The van der Waals surface area contributed by atoms with Gasteiger partial charge in [0.25, 0.3) is 5.91 Å². The highest BCUT2D eigenvalue weighted by molar-refractivity contribution is 6.30. The summed E-state index contributed by atoms with van der Waals surface area (Å²) in [6.45, 7) is 2.83. The molecule has 25 heavy (non-hydrogen) atoms. The van der Waals surface area contributed by atoms with Crippen LogP contribution in [0.25, 0.3) is 0 Å². The van der Waals surface area contributed by atoms with Crippen LogP contribution >= 0.6 is 11.6 Å². The molecule has 1 aromatic rings. The summed E-state index contributed by atoms with van der Waals surface area (Å²) in [6.07, 6.45) is 4.15. The number of halogens is 1. The highest BCUT2D eigenvalue weighted by Gasteiger charge is 2.34. The molecule has 1 aliphatic rings. The Labute approximate surface area is 151 Å². The lowest BCUT2D eigenvalue weighted by atomic mass is 9.98. The number of hydrogen-bond donors (Lipinski definition) is 2. The Morgan fingerprint density at radius 2 is 1.96 bits per heavy atom. The van der Waals surface area contributed by atoms with Gasteiger partial charge in [0.1, 0.15) is 11.9 Å². The molecule has 2 N–H and O–H groups in total. The Morgan fingerprint density at radius 3 is 2.52 bits per heavy atom. The van der Waals surface area contributed by atoms with E-state index >= 15 is 0 Å². The van der Waals surface area contributed by atoms with Crippen LogP contribution in [0.15, 0.2) is 18.3 Å². The summed E-state index contributed by atoms with van der Waals surface area (Å²) < 4.78 is 5.26. The van der Waals surface area contributed by atoms with Gasteiger partial charge in [0.2, 0.25) is 5.91 Å². The molecule has 1 aliphatic carbocycles. The summed E-state index contributed by atoms with van der Waals surface area (Å²) in [5.74, 6) is -1.03. The lowest BCUT2D eigenvalue weighted by molar-refractivity contribution is -0.157. The number of nitrogens with zero attached hydrogens (tertiary/aromatic N) is 1. The predicted octanol–water partition coefficient (Wildman–Crippen LogP) is 2.30. The molecule has 8 heteroatoms. The van der Waals surface area contributed by atoms with Crippen molar-refractivity contribution in [3.63, 3.8) is 0 Å². The molecule has 1 fully saturated rings. The van der Waals surface area contributed by atoms with Crippen molar-refractivity contribution >= 4 is 35.2 Å². The molecule has 2 rings (SSSR count). The van der Waals surface area contributed by atoms with Crippen LogP contribution in [-0.2, 0) is 19.1 Å². The van der Waals surface area contributed by atoms with Crippen LogP contribution < -0.4 is 10.6 Å². The third kappa shape index (κ3) is 5.70. The average Bonchev–Trinajstić information content (AvgIpc) is 3.08. The van der Waals surface area contributed by atoms with Crippen molar-refractivity contribution in [3.05, 3.63) is 23.4 Å². The van der Waals surface area contributed by atoms with Crippen LogP contribution in [0.1, 0.15) is 39.5 Å². The van der Waals surface area contributed by atoms with E-state index in [4.69, 9.17) is 16.3 Å². The number of pyridine rings is 1. The molecule has 0 unspecified atom stereocenters. The highest BCUT2D eigenvalue weighted by Crippen LogP contribution is 2.28. The van der Waals surface area contributed by atoms with Gasteiger partial charge < -0.3 is 15.4 Å². The van der Waals surface area contributed by atoms with Crippen LogP contribution in [0.3, 0.4) is 0 Å². The molecule has 0 bridgehead atoms. The van der Waals surface area contributed by atoms with Gasteiger partial charge in [0.15, 0.2) is 6.10 Å². The summed E-state index contributed by atoms with van der Waals surface area (Å²) in [4.78, 5) is 39.9. The molecule has 1 aromatic heterocycles. The topological polar surface area (TPSA) is 97.4 Å². The second-order valence-electron chi connectivity index (χ2n) is 6.15. The van der Waals surface area contributed by atoms with Gasteiger partial charge in [0.05, 0.1) is 5.02 Å². The minimum atomic E-state index is -1.01. The molecule has 7 nitrogen and oxygen atoms in total. The number of nitrogens with one attached hydrogen (secondary N) is 2. The zero-order valence-electron chi connectivity index (χ0n) is 14.3. The first-order valence-corrected chi connectivity index (χ1v) is 8.64. The van der Waals surface area contributed by atoms with E-state index in [1.165, 1.54) is 20.0 Å². The normalized spacial score (nSPS) is 16.8. The van der Waals surface area contributed by atoms with Gasteiger partial charge in [-0.05, 0) is 37.8 Å². The standard InChI is InChI=1S/C17H22ClN3O4/c1-10(16(23)21-14-8-7-13(18)9-19-14)25-17(24)15(20-11(2)22)12-5-3-4-6-12/h7-10,12,15H,3-6H2,1-2H3,(H,20,22)(H,19,21,23)/t10-,15+/m1/s1. The van der Waals surface area contributed by atoms with E-state index in [1.807, 2.05) is 0 Å². The maximum atomic E-state index is 12.4. The molecule has 0 spiro atoms. The molecule has 2 atom stereocenters. The molecular formula is C17H22ClN3O4. The number of carbonyl (C=O) groups is 3. The Bertz CT molecular complexity index is 629. The van der Waals surface area contributed by atoms with E-state index < -0.39 is 24.0 Å². The van der Waals surface area contributed by atoms with Crippen LogP contribution in [0.4, 0.5) is 5.82 Å². The van der Waals surface area contributed by atoms with Gasteiger partial charge in [-0.1, -0.05) is 24.4 Å². The van der Waals surface area contributed by atoms with E-state index in [1.54, 1.807) is 12.1 Å². The smallest absolute Gasteiger partial charge is 0.329 e. The van der Waals surface area contributed by atoms with E-state index in [9.17, 15) is 14.4 Å². The SMILES string of the molecule is CC(=O)N[C@H](C(=O)O[C@H](C)C(=O)Nc1ccc(Cl)cn1)C1CCCC1. The molecule has 1 saturated carbocycles. The fourth-order valence-corrected chi connectivity index (χ4v) is 2.97. The van der Waals surface area contributed by atoms with Gasteiger partial charge in [-0.2, -0.15) is 0 Å². The predicted molar refractivity (Wildman–Crippen MR) is 93.0 cm³/mol. The minimum absolute atomic E-state index is 0.0459. The summed E-state index contributed by atoms with van der Waals surface area (Å²) in [5.41, 5.74) is 0. The molecule has 1 heterocycles. The molecule has 0 aromatic carbocycles. The van der Waals surface area contributed by atoms with Crippen molar-refractivity contribution in [1.82, 2.24) is 10.3 Å². The highest BCUT2D eigenvalue weighted by atomic mass is 35.5.